The minimum atomic E-state index is -0.229. The van der Waals surface area contributed by atoms with Crippen molar-refractivity contribution in [1.29, 1.82) is 0 Å². The van der Waals surface area contributed by atoms with Crippen LogP contribution in [0.1, 0.15) is 10.4 Å². The van der Waals surface area contributed by atoms with Gasteiger partial charge in [-0.3, -0.25) is 14.5 Å². The highest BCUT2D eigenvalue weighted by Gasteiger charge is 2.10. The Balaban J connectivity index is 0.00000242. The second-order valence-corrected chi connectivity index (χ2v) is 4.99. The summed E-state index contributed by atoms with van der Waals surface area (Å²) >= 11 is 0. The fourth-order valence-electron chi connectivity index (χ4n) is 2.20. The summed E-state index contributed by atoms with van der Waals surface area (Å²) in [6.07, 6.45) is 0. The van der Waals surface area contributed by atoms with E-state index in [-0.39, 0.29) is 30.8 Å². The van der Waals surface area contributed by atoms with Crippen molar-refractivity contribution in [2.45, 2.75) is 0 Å². The predicted octanol–water partition coefficient (Wildman–Crippen LogP) is -0.140. The fourth-order valence-corrected chi connectivity index (χ4v) is 2.20. The maximum atomic E-state index is 11.8. The molecule has 2 amide bonds. The van der Waals surface area contributed by atoms with Gasteiger partial charge in [0.05, 0.1) is 6.54 Å². The molecule has 1 aliphatic rings. The molecule has 2 rings (SSSR count). The Morgan fingerprint density at radius 1 is 1.09 bits per heavy atom. The lowest BCUT2D eigenvalue weighted by molar-refractivity contribution is -0.120. The molecule has 3 N–H and O–H groups in total. The molecule has 0 unspecified atom stereocenters. The van der Waals surface area contributed by atoms with E-state index in [4.69, 9.17) is 0 Å². The smallest absolute Gasteiger partial charge is 0.251 e. The Bertz CT molecular complexity index is 464. The molecule has 0 spiro atoms. The number of rotatable bonds is 6. The fraction of sp³-hybridized carbons (Fsp3) is 0.467. The van der Waals surface area contributed by atoms with Crippen LogP contribution in [0.15, 0.2) is 30.3 Å². The van der Waals surface area contributed by atoms with Crippen molar-refractivity contribution in [3.8, 4) is 0 Å². The lowest BCUT2D eigenvalue weighted by atomic mass is 10.2. The molecule has 6 nitrogen and oxygen atoms in total. The molecule has 22 heavy (non-hydrogen) atoms. The number of carbonyl (C=O) groups is 2. The van der Waals surface area contributed by atoms with E-state index < -0.39 is 0 Å². The standard InChI is InChI=1S/C15H22N4O2.ClH/c20-14(17-8-11-19-9-6-16-7-10-19)12-18-15(21)13-4-2-1-3-5-13;/h1-5,16H,6-12H2,(H,17,20)(H,18,21);1H. The Morgan fingerprint density at radius 3 is 2.45 bits per heavy atom. The van der Waals surface area contributed by atoms with Crippen LogP contribution in [0.5, 0.6) is 0 Å². The Morgan fingerprint density at radius 2 is 1.77 bits per heavy atom. The quantitative estimate of drug-likeness (QED) is 0.680. The summed E-state index contributed by atoms with van der Waals surface area (Å²) in [6, 6.07) is 8.87. The Hall–Kier alpha value is -1.63. The molecule has 0 saturated carbocycles. The van der Waals surface area contributed by atoms with Crippen LogP contribution in [0.3, 0.4) is 0 Å². The number of hydrogen-bond acceptors (Lipinski definition) is 4. The van der Waals surface area contributed by atoms with Gasteiger partial charge >= 0.3 is 0 Å². The highest BCUT2D eigenvalue weighted by Crippen LogP contribution is 1.97. The third-order valence-electron chi connectivity index (χ3n) is 3.41. The molecule has 0 aliphatic carbocycles. The van der Waals surface area contributed by atoms with Gasteiger partial charge in [-0.25, -0.2) is 0 Å². The van der Waals surface area contributed by atoms with Crippen LogP contribution >= 0.6 is 12.4 Å². The average molecular weight is 327 g/mol. The van der Waals surface area contributed by atoms with Gasteiger partial charge < -0.3 is 16.0 Å². The number of nitrogens with zero attached hydrogens (tertiary/aromatic N) is 1. The van der Waals surface area contributed by atoms with Crippen molar-refractivity contribution in [1.82, 2.24) is 20.9 Å². The summed E-state index contributed by atoms with van der Waals surface area (Å²) in [4.78, 5) is 25.7. The zero-order chi connectivity index (χ0) is 14.9. The first kappa shape index (κ1) is 18.4. The number of carbonyl (C=O) groups excluding carboxylic acids is 2. The minimum Gasteiger partial charge on any atom is -0.353 e. The van der Waals surface area contributed by atoms with Gasteiger partial charge in [0, 0.05) is 44.8 Å². The third kappa shape index (κ3) is 6.43. The second-order valence-electron chi connectivity index (χ2n) is 4.99. The molecule has 7 heteroatoms. The highest BCUT2D eigenvalue weighted by molar-refractivity contribution is 5.96. The number of benzene rings is 1. The molecule has 0 radical (unpaired) electrons. The van der Waals surface area contributed by atoms with Crippen molar-refractivity contribution in [3.63, 3.8) is 0 Å². The molecule has 0 bridgehead atoms. The third-order valence-corrected chi connectivity index (χ3v) is 3.41. The summed E-state index contributed by atoms with van der Waals surface area (Å²) in [5.74, 6) is -0.387. The van der Waals surface area contributed by atoms with Crippen LogP contribution in [-0.2, 0) is 4.79 Å². The summed E-state index contributed by atoms with van der Waals surface area (Å²) in [5, 5.41) is 8.72. The van der Waals surface area contributed by atoms with E-state index in [1.807, 2.05) is 6.07 Å². The summed E-state index contributed by atoms with van der Waals surface area (Å²) in [5.41, 5.74) is 0.561. The largest absolute Gasteiger partial charge is 0.353 e. The van der Waals surface area contributed by atoms with E-state index >= 15 is 0 Å². The van der Waals surface area contributed by atoms with Crippen LogP contribution in [0.2, 0.25) is 0 Å². The van der Waals surface area contributed by atoms with E-state index in [1.54, 1.807) is 24.3 Å². The van der Waals surface area contributed by atoms with Gasteiger partial charge in [-0.1, -0.05) is 18.2 Å². The van der Waals surface area contributed by atoms with Gasteiger partial charge in [0.2, 0.25) is 5.91 Å². The van der Waals surface area contributed by atoms with Crippen molar-refractivity contribution < 1.29 is 9.59 Å². The van der Waals surface area contributed by atoms with E-state index in [1.165, 1.54) is 0 Å². The molecule has 0 aromatic heterocycles. The number of halogens is 1. The number of piperazine rings is 1. The molecule has 1 aliphatic heterocycles. The van der Waals surface area contributed by atoms with E-state index in [9.17, 15) is 9.59 Å². The van der Waals surface area contributed by atoms with E-state index in [0.29, 0.717) is 12.1 Å². The summed E-state index contributed by atoms with van der Waals surface area (Å²) in [6.45, 7) is 5.50. The Labute approximate surface area is 137 Å². The van der Waals surface area contributed by atoms with Crippen LogP contribution in [0.25, 0.3) is 0 Å². The lowest BCUT2D eigenvalue weighted by Crippen LogP contribution is -2.47. The molecule has 1 saturated heterocycles. The zero-order valence-electron chi connectivity index (χ0n) is 12.5. The van der Waals surface area contributed by atoms with E-state index in [0.717, 1.165) is 32.7 Å². The topological polar surface area (TPSA) is 73.5 Å². The van der Waals surface area contributed by atoms with Gasteiger partial charge in [0.1, 0.15) is 0 Å². The molecular formula is C15H23ClN4O2. The zero-order valence-corrected chi connectivity index (χ0v) is 13.3. The number of nitrogens with one attached hydrogen (secondary N) is 3. The van der Waals surface area contributed by atoms with Crippen LogP contribution < -0.4 is 16.0 Å². The van der Waals surface area contributed by atoms with Crippen molar-refractivity contribution in [2.75, 3.05) is 45.8 Å². The number of hydrogen-bond donors (Lipinski definition) is 3. The maximum absolute atomic E-state index is 11.8. The highest BCUT2D eigenvalue weighted by atomic mass is 35.5. The maximum Gasteiger partial charge on any atom is 0.251 e. The van der Waals surface area contributed by atoms with Crippen LogP contribution in [0, 0.1) is 0 Å². The molecule has 122 valence electrons. The second kappa shape index (κ2) is 10.2. The first-order valence-electron chi connectivity index (χ1n) is 7.29. The van der Waals surface area contributed by atoms with Crippen molar-refractivity contribution in [2.24, 2.45) is 0 Å². The first-order chi connectivity index (χ1) is 10.3. The minimum absolute atomic E-state index is 0. The normalized spacial score (nSPS) is 14.7. The summed E-state index contributed by atoms with van der Waals surface area (Å²) in [7, 11) is 0. The van der Waals surface area contributed by atoms with Gasteiger partial charge in [0.25, 0.3) is 5.91 Å². The lowest BCUT2D eigenvalue weighted by Gasteiger charge is -2.27. The number of amides is 2. The van der Waals surface area contributed by atoms with E-state index in [2.05, 4.69) is 20.9 Å². The molecule has 1 aromatic carbocycles. The molecule has 1 fully saturated rings. The average Bonchev–Trinajstić information content (AvgIpc) is 2.54. The molecule has 0 atom stereocenters. The predicted molar refractivity (Wildman–Crippen MR) is 88.3 cm³/mol. The molecule has 1 aromatic rings. The van der Waals surface area contributed by atoms with Crippen LogP contribution in [-0.4, -0.2) is 62.5 Å². The monoisotopic (exact) mass is 326 g/mol. The molecular weight excluding hydrogens is 304 g/mol. The van der Waals surface area contributed by atoms with Crippen LogP contribution in [0.4, 0.5) is 0 Å². The summed E-state index contributed by atoms with van der Waals surface area (Å²) < 4.78 is 0. The van der Waals surface area contributed by atoms with Crippen molar-refractivity contribution in [3.05, 3.63) is 35.9 Å². The van der Waals surface area contributed by atoms with Gasteiger partial charge in [-0.05, 0) is 12.1 Å². The Kier molecular flexibility index (Phi) is 8.50. The van der Waals surface area contributed by atoms with Crippen molar-refractivity contribution >= 4 is 24.2 Å². The van der Waals surface area contributed by atoms with Gasteiger partial charge in [-0.15, -0.1) is 12.4 Å². The first-order valence-corrected chi connectivity index (χ1v) is 7.29. The van der Waals surface area contributed by atoms with Gasteiger partial charge in [0.15, 0.2) is 0 Å². The SMILES string of the molecule is Cl.O=C(CNC(=O)c1ccccc1)NCCN1CCNCC1. The molecule has 1 heterocycles. The van der Waals surface area contributed by atoms with Gasteiger partial charge in [-0.2, -0.15) is 0 Å².